The second-order valence-corrected chi connectivity index (χ2v) is 2.63. The van der Waals surface area contributed by atoms with Crippen molar-refractivity contribution in [1.29, 1.82) is 5.26 Å². The number of hydrogen-bond acceptors (Lipinski definition) is 5. The van der Waals surface area contributed by atoms with E-state index >= 15 is 0 Å². The van der Waals surface area contributed by atoms with Gasteiger partial charge in [-0.2, -0.15) is 5.26 Å². The molecule has 0 spiro atoms. The molecule has 0 unspecified atom stereocenters. The Hall–Kier alpha value is -2.22. The van der Waals surface area contributed by atoms with Gasteiger partial charge in [-0.3, -0.25) is 0 Å². The van der Waals surface area contributed by atoms with E-state index in [0.29, 0.717) is 0 Å². The Morgan fingerprint density at radius 1 is 1.43 bits per heavy atom. The van der Waals surface area contributed by atoms with Crippen LogP contribution in [0.5, 0.6) is 0 Å². The molecule has 0 fully saturated rings. The molecular weight excluding hydrogens is 182 g/mol. The van der Waals surface area contributed by atoms with E-state index < -0.39 is 5.97 Å². The van der Waals surface area contributed by atoms with Crippen LogP contribution in [0.25, 0.3) is 0 Å². The van der Waals surface area contributed by atoms with Crippen LogP contribution >= 0.6 is 0 Å². The van der Waals surface area contributed by atoms with Crippen molar-refractivity contribution in [2.75, 3.05) is 18.6 Å². The predicted octanol–water partition coefficient (Wildman–Crippen LogP) is 0.509. The summed E-state index contributed by atoms with van der Waals surface area (Å²) in [5.74, 6) is -0.584. The van der Waals surface area contributed by atoms with Crippen LogP contribution < -0.4 is 11.5 Å². The van der Waals surface area contributed by atoms with Crippen molar-refractivity contribution in [2.24, 2.45) is 0 Å². The molecule has 4 N–H and O–H groups in total. The lowest BCUT2D eigenvalue weighted by molar-refractivity contribution is 0.0602. The molecule has 0 aromatic heterocycles. The van der Waals surface area contributed by atoms with Gasteiger partial charge >= 0.3 is 5.97 Å². The first kappa shape index (κ1) is 9.86. The molecule has 14 heavy (non-hydrogen) atoms. The third-order valence-corrected chi connectivity index (χ3v) is 1.75. The first-order valence-electron chi connectivity index (χ1n) is 3.77. The summed E-state index contributed by atoms with van der Waals surface area (Å²) in [6.07, 6.45) is 0. The fraction of sp³-hybridized carbons (Fsp3) is 0.111. The topological polar surface area (TPSA) is 102 Å². The largest absolute Gasteiger partial charge is 0.465 e. The van der Waals surface area contributed by atoms with Crippen molar-refractivity contribution < 1.29 is 9.53 Å². The van der Waals surface area contributed by atoms with E-state index in [9.17, 15) is 4.79 Å². The Bertz CT molecular complexity index is 421. The second kappa shape index (κ2) is 3.66. The van der Waals surface area contributed by atoms with Gasteiger partial charge in [-0.1, -0.05) is 0 Å². The highest BCUT2D eigenvalue weighted by molar-refractivity contribution is 5.96. The van der Waals surface area contributed by atoms with E-state index in [2.05, 4.69) is 4.74 Å². The molecule has 0 saturated carbocycles. The number of ether oxygens (including phenoxy) is 1. The monoisotopic (exact) mass is 191 g/mol. The number of carbonyl (C=O) groups is 1. The minimum absolute atomic E-state index is 0.151. The Balaban J connectivity index is 3.33. The zero-order valence-electron chi connectivity index (χ0n) is 7.57. The van der Waals surface area contributed by atoms with E-state index in [0.717, 1.165) is 0 Å². The molecule has 0 aliphatic heterocycles. The maximum absolute atomic E-state index is 11.2. The Morgan fingerprint density at radius 2 is 2.07 bits per heavy atom. The van der Waals surface area contributed by atoms with Crippen molar-refractivity contribution in [2.45, 2.75) is 0 Å². The SMILES string of the molecule is COC(=O)c1cc(C#N)c(N)cc1N. The average Bonchev–Trinajstić information content (AvgIpc) is 2.17. The van der Waals surface area contributed by atoms with Gasteiger partial charge in [-0.15, -0.1) is 0 Å². The van der Waals surface area contributed by atoms with Crippen LogP contribution in [0.3, 0.4) is 0 Å². The maximum atomic E-state index is 11.2. The van der Waals surface area contributed by atoms with Gasteiger partial charge in [0.25, 0.3) is 0 Å². The van der Waals surface area contributed by atoms with Crippen LogP contribution in [-0.4, -0.2) is 13.1 Å². The van der Waals surface area contributed by atoms with Crippen LogP contribution in [-0.2, 0) is 4.74 Å². The van der Waals surface area contributed by atoms with Crippen LogP contribution in [0.4, 0.5) is 11.4 Å². The summed E-state index contributed by atoms with van der Waals surface area (Å²) in [5.41, 5.74) is 11.8. The zero-order valence-corrected chi connectivity index (χ0v) is 7.57. The zero-order chi connectivity index (χ0) is 10.7. The fourth-order valence-electron chi connectivity index (χ4n) is 1.02. The van der Waals surface area contributed by atoms with Gasteiger partial charge in [0, 0.05) is 5.69 Å². The minimum Gasteiger partial charge on any atom is -0.465 e. The van der Waals surface area contributed by atoms with Gasteiger partial charge in [-0.05, 0) is 12.1 Å². The van der Waals surface area contributed by atoms with E-state index in [1.807, 2.05) is 6.07 Å². The third-order valence-electron chi connectivity index (χ3n) is 1.75. The van der Waals surface area contributed by atoms with E-state index in [4.69, 9.17) is 16.7 Å². The van der Waals surface area contributed by atoms with E-state index in [1.165, 1.54) is 19.2 Å². The molecule has 1 aromatic rings. The molecule has 0 amide bonds. The van der Waals surface area contributed by atoms with Crippen LogP contribution in [0.1, 0.15) is 15.9 Å². The summed E-state index contributed by atoms with van der Waals surface area (Å²) < 4.78 is 4.49. The van der Waals surface area contributed by atoms with Gasteiger partial charge in [0.15, 0.2) is 0 Å². The van der Waals surface area contributed by atoms with E-state index in [-0.39, 0.29) is 22.5 Å². The summed E-state index contributed by atoms with van der Waals surface area (Å²) in [4.78, 5) is 11.2. The normalized spacial score (nSPS) is 9.14. The summed E-state index contributed by atoms with van der Waals surface area (Å²) in [7, 11) is 1.24. The Labute approximate surface area is 80.9 Å². The van der Waals surface area contributed by atoms with E-state index in [1.54, 1.807) is 0 Å². The number of nitrogen functional groups attached to an aromatic ring is 2. The minimum atomic E-state index is -0.584. The number of rotatable bonds is 1. The van der Waals surface area contributed by atoms with Crippen molar-refractivity contribution in [1.82, 2.24) is 0 Å². The van der Waals surface area contributed by atoms with Gasteiger partial charge < -0.3 is 16.2 Å². The molecule has 0 radical (unpaired) electrons. The number of esters is 1. The Kier molecular flexibility index (Phi) is 2.58. The number of nitrogens with two attached hydrogens (primary N) is 2. The summed E-state index contributed by atoms with van der Waals surface area (Å²) in [6, 6.07) is 4.54. The van der Waals surface area contributed by atoms with Gasteiger partial charge in [0.1, 0.15) is 6.07 Å². The van der Waals surface area contributed by atoms with Crippen LogP contribution in [0.15, 0.2) is 12.1 Å². The average molecular weight is 191 g/mol. The summed E-state index contributed by atoms with van der Waals surface area (Å²) >= 11 is 0. The molecule has 0 saturated heterocycles. The molecule has 72 valence electrons. The first-order chi connectivity index (χ1) is 6.60. The standard InChI is InChI=1S/C9H9N3O2/c1-14-9(13)6-2-5(4-10)7(11)3-8(6)12/h2-3H,11-12H2,1H3. The predicted molar refractivity (Wildman–Crippen MR) is 51.3 cm³/mol. The van der Waals surface area contributed by atoms with Crippen LogP contribution in [0, 0.1) is 11.3 Å². The fourth-order valence-corrected chi connectivity index (χ4v) is 1.02. The highest BCUT2D eigenvalue weighted by Crippen LogP contribution is 2.20. The summed E-state index contributed by atoms with van der Waals surface area (Å²) in [5, 5.41) is 8.67. The molecular formula is C9H9N3O2. The number of benzene rings is 1. The molecule has 5 nitrogen and oxygen atoms in total. The van der Waals surface area contributed by atoms with Gasteiger partial charge in [0.05, 0.1) is 23.9 Å². The smallest absolute Gasteiger partial charge is 0.340 e. The molecule has 1 aromatic carbocycles. The second-order valence-electron chi connectivity index (χ2n) is 2.63. The van der Waals surface area contributed by atoms with Crippen LogP contribution in [0.2, 0.25) is 0 Å². The maximum Gasteiger partial charge on any atom is 0.340 e. The lowest BCUT2D eigenvalue weighted by Gasteiger charge is -2.05. The van der Waals surface area contributed by atoms with Crippen molar-refractivity contribution >= 4 is 17.3 Å². The van der Waals surface area contributed by atoms with Crippen molar-refractivity contribution in [3.8, 4) is 6.07 Å². The highest BCUT2D eigenvalue weighted by Gasteiger charge is 2.12. The third kappa shape index (κ3) is 1.59. The van der Waals surface area contributed by atoms with Gasteiger partial charge in [0.2, 0.25) is 0 Å². The van der Waals surface area contributed by atoms with Gasteiger partial charge in [-0.25, -0.2) is 4.79 Å². The first-order valence-corrected chi connectivity index (χ1v) is 3.77. The molecule has 0 aliphatic rings. The highest BCUT2D eigenvalue weighted by atomic mass is 16.5. The number of methoxy groups -OCH3 is 1. The lowest BCUT2D eigenvalue weighted by Crippen LogP contribution is -2.07. The quantitative estimate of drug-likeness (QED) is 0.497. The number of nitriles is 1. The molecule has 0 atom stereocenters. The number of anilines is 2. The number of nitrogens with zero attached hydrogens (tertiary/aromatic N) is 1. The van der Waals surface area contributed by atoms with Crippen molar-refractivity contribution in [3.63, 3.8) is 0 Å². The molecule has 0 bridgehead atoms. The molecule has 1 rings (SSSR count). The lowest BCUT2D eigenvalue weighted by atomic mass is 10.1. The van der Waals surface area contributed by atoms with Crippen molar-refractivity contribution in [3.05, 3.63) is 23.3 Å². The number of hydrogen-bond donors (Lipinski definition) is 2. The number of carbonyl (C=O) groups excluding carboxylic acids is 1. The Morgan fingerprint density at radius 3 is 2.57 bits per heavy atom. The molecule has 5 heteroatoms. The molecule has 0 aliphatic carbocycles. The summed E-state index contributed by atoms with van der Waals surface area (Å²) in [6.45, 7) is 0. The molecule has 0 heterocycles.